The third-order valence-electron chi connectivity index (χ3n) is 4.91. The molecule has 4 nitrogen and oxygen atoms in total. The van der Waals surface area contributed by atoms with Crippen LogP contribution in [0, 0.1) is 5.92 Å². The van der Waals surface area contributed by atoms with Crippen molar-refractivity contribution in [1.29, 1.82) is 0 Å². The van der Waals surface area contributed by atoms with Crippen molar-refractivity contribution < 1.29 is 14.6 Å². The zero-order valence-corrected chi connectivity index (χ0v) is 18.1. The molecule has 0 fully saturated rings. The molecule has 1 rings (SSSR count). The molecule has 0 amide bonds. The predicted octanol–water partition coefficient (Wildman–Crippen LogP) is 4.91. The first-order valence-electron chi connectivity index (χ1n) is 9.94. The predicted molar refractivity (Wildman–Crippen MR) is 112 cm³/mol. The molecule has 4 heteroatoms. The molecule has 0 heterocycles. The van der Waals surface area contributed by atoms with Gasteiger partial charge in [0.1, 0.15) is 5.75 Å². The number of hydrogen-bond acceptors (Lipinski definition) is 4. The Morgan fingerprint density at radius 1 is 1.15 bits per heavy atom. The molecular weight excluding hydrogens is 338 g/mol. The van der Waals surface area contributed by atoms with Crippen molar-refractivity contribution >= 4 is 5.97 Å². The lowest BCUT2D eigenvalue weighted by atomic mass is 9.87. The van der Waals surface area contributed by atoms with E-state index in [0.29, 0.717) is 17.8 Å². The highest BCUT2D eigenvalue weighted by Crippen LogP contribution is 2.35. The smallest absolute Gasteiger partial charge is 0.313 e. The summed E-state index contributed by atoms with van der Waals surface area (Å²) in [7, 11) is 0. The molecule has 0 saturated carbocycles. The van der Waals surface area contributed by atoms with E-state index in [1.54, 1.807) is 12.1 Å². The van der Waals surface area contributed by atoms with Gasteiger partial charge in [-0.1, -0.05) is 32.1 Å². The van der Waals surface area contributed by atoms with Crippen LogP contribution in [0.4, 0.5) is 0 Å². The molecular formula is C23H37NO3. The van der Waals surface area contributed by atoms with E-state index in [4.69, 9.17) is 4.74 Å². The molecule has 0 aromatic heterocycles. The standard InChI is InChI=1S/C23H37NO3/c1-15(2)20(11-12-24(17(5)6)18(7)8)21-13-19(14-25)9-10-22(21)27-23(26)16(3)4/h9-10,13,16-18,20,25H,1,11-12,14H2,2-8H3/t20-/m1/s1. The van der Waals surface area contributed by atoms with E-state index in [9.17, 15) is 9.90 Å². The molecule has 0 bridgehead atoms. The summed E-state index contributed by atoms with van der Waals surface area (Å²) in [4.78, 5) is 14.6. The Kier molecular flexibility index (Phi) is 9.20. The number of aliphatic hydroxyl groups is 1. The zero-order valence-electron chi connectivity index (χ0n) is 18.1. The summed E-state index contributed by atoms with van der Waals surface area (Å²) >= 11 is 0. The summed E-state index contributed by atoms with van der Waals surface area (Å²) in [6, 6.07) is 6.45. The van der Waals surface area contributed by atoms with Crippen LogP contribution in [0.1, 0.15) is 71.9 Å². The fraction of sp³-hybridized carbons (Fsp3) is 0.609. The summed E-state index contributed by atoms with van der Waals surface area (Å²) < 4.78 is 5.66. The summed E-state index contributed by atoms with van der Waals surface area (Å²) in [5.74, 6) is 0.182. The Morgan fingerprint density at radius 3 is 2.19 bits per heavy atom. The molecule has 0 aliphatic heterocycles. The molecule has 27 heavy (non-hydrogen) atoms. The summed E-state index contributed by atoms with van der Waals surface area (Å²) in [6.45, 7) is 19.6. The van der Waals surface area contributed by atoms with Gasteiger partial charge in [-0.05, 0) is 65.3 Å². The summed E-state index contributed by atoms with van der Waals surface area (Å²) in [5, 5.41) is 9.57. The van der Waals surface area contributed by atoms with Gasteiger partial charge in [0.15, 0.2) is 0 Å². The Balaban J connectivity index is 3.20. The van der Waals surface area contributed by atoms with Crippen LogP contribution in [0.5, 0.6) is 5.75 Å². The third kappa shape index (κ3) is 6.78. The van der Waals surface area contributed by atoms with Crippen LogP contribution in [-0.2, 0) is 11.4 Å². The summed E-state index contributed by atoms with van der Waals surface area (Å²) in [6.07, 6.45) is 0.882. The zero-order chi connectivity index (χ0) is 20.7. The number of allylic oxidation sites excluding steroid dienone is 1. The van der Waals surface area contributed by atoms with Gasteiger partial charge in [-0.15, -0.1) is 0 Å². The number of hydrogen-bond donors (Lipinski definition) is 1. The van der Waals surface area contributed by atoms with Crippen LogP contribution in [0.25, 0.3) is 0 Å². The van der Waals surface area contributed by atoms with Gasteiger partial charge in [0.05, 0.1) is 12.5 Å². The highest BCUT2D eigenvalue weighted by molar-refractivity contribution is 5.74. The number of esters is 1. The summed E-state index contributed by atoms with van der Waals surface area (Å²) in [5.41, 5.74) is 2.76. The molecule has 1 atom stereocenters. The maximum absolute atomic E-state index is 12.2. The van der Waals surface area contributed by atoms with E-state index in [0.717, 1.165) is 29.7 Å². The first kappa shape index (κ1) is 23.4. The van der Waals surface area contributed by atoms with Gasteiger partial charge >= 0.3 is 5.97 Å². The van der Waals surface area contributed by atoms with Gasteiger partial charge in [-0.2, -0.15) is 0 Å². The van der Waals surface area contributed by atoms with Gasteiger partial charge in [-0.25, -0.2) is 0 Å². The van der Waals surface area contributed by atoms with Crippen LogP contribution < -0.4 is 4.74 Å². The maximum atomic E-state index is 12.2. The van der Waals surface area contributed by atoms with Crippen LogP contribution >= 0.6 is 0 Å². The van der Waals surface area contributed by atoms with Crippen LogP contribution in [0.15, 0.2) is 30.4 Å². The molecule has 1 aromatic rings. The molecule has 0 spiro atoms. The van der Waals surface area contributed by atoms with E-state index in [1.165, 1.54) is 0 Å². The number of aliphatic hydroxyl groups excluding tert-OH is 1. The molecule has 1 N–H and O–H groups in total. The topological polar surface area (TPSA) is 49.8 Å². The van der Waals surface area contributed by atoms with E-state index >= 15 is 0 Å². The first-order chi connectivity index (χ1) is 12.6. The SMILES string of the molecule is C=C(C)[C@@H](CCN(C(C)C)C(C)C)c1cc(CO)ccc1OC(=O)C(C)C. The van der Waals surface area contributed by atoms with Gasteiger partial charge < -0.3 is 9.84 Å². The third-order valence-corrected chi connectivity index (χ3v) is 4.91. The fourth-order valence-electron chi connectivity index (χ4n) is 3.35. The maximum Gasteiger partial charge on any atom is 0.313 e. The second kappa shape index (κ2) is 10.6. The number of carbonyl (C=O) groups is 1. The van der Waals surface area contributed by atoms with E-state index < -0.39 is 0 Å². The Hall–Kier alpha value is -1.65. The normalized spacial score (nSPS) is 12.9. The average Bonchev–Trinajstić information content (AvgIpc) is 2.58. The highest BCUT2D eigenvalue weighted by atomic mass is 16.5. The molecule has 0 radical (unpaired) electrons. The van der Waals surface area contributed by atoms with Crippen molar-refractivity contribution in [3.05, 3.63) is 41.5 Å². The van der Waals surface area contributed by atoms with Crippen LogP contribution in [-0.4, -0.2) is 34.6 Å². The van der Waals surface area contributed by atoms with Crippen molar-refractivity contribution in [2.75, 3.05) is 6.54 Å². The van der Waals surface area contributed by atoms with Crippen molar-refractivity contribution in [3.63, 3.8) is 0 Å². The quantitative estimate of drug-likeness (QED) is 0.359. The Morgan fingerprint density at radius 2 is 1.74 bits per heavy atom. The number of carbonyl (C=O) groups excluding carboxylic acids is 1. The second-order valence-electron chi connectivity index (χ2n) is 8.22. The van der Waals surface area contributed by atoms with Gasteiger partial charge in [0.2, 0.25) is 0 Å². The molecule has 0 aliphatic rings. The lowest BCUT2D eigenvalue weighted by Gasteiger charge is -2.32. The van der Waals surface area contributed by atoms with Crippen LogP contribution in [0.2, 0.25) is 0 Å². The second-order valence-corrected chi connectivity index (χ2v) is 8.22. The monoisotopic (exact) mass is 375 g/mol. The minimum atomic E-state index is -0.251. The van der Waals surface area contributed by atoms with E-state index in [2.05, 4.69) is 39.2 Å². The van der Waals surface area contributed by atoms with Crippen molar-refractivity contribution in [2.24, 2.45) is 5.92 Å². The Labute approximate surface area is 165 Å². The van der Waals surface area contributed by atoms with Crippen molar-refractivity contribution in [1.82, 2.24) is 4.90 Å². The molecule has 1 aromatic carbocycles. The van der Waals surface area contributed by atoms with Gasteiger partial charge in [0, 0.05) is 23.6 Å². The molecule has 0 saturated heterocycles. The number of rotatable bonds is 10. The van der Waals surface area contributed by atoms with Crippen molar-refractivity contribution in [3.8, 4) is 5.75 Å². The number of benzene rings is 1. The highest BCUT2D eigenvalue weighted by Gasteiger charge is 2.23. The van der Waals surface area contributed by atoms with Gasteiger partial charge in [-0.3, -0.25) is 9.69 Å². The van der Waals surface area contributed by atoms with Crippen LogP contribution in [0.3, 0.4) is 0 Å². The largest absolute Gasteiger partial charge is 0.426 e. The fourth-order valence-corrected chi connectivity index (χ4v) is 3.35. The average molecular weight is 376 g/mol. The lowest BCUT2D eigenvalue weighted by Crippen LogP contribution is -2.38. The van der Waals surface area contributed by atoms with Crippen molar-refractivity contribution in [2.45, 2.75) is 79.5 Å². The minimum absolute atomic E-state index is 0.0432. The first-order valence-corrected chi connectivity index (χ1v) is 9.94. The van der Waals surface area contributed by atoms with E-state index in [1.807, 2.05) is 26.8 Å². The number of nitrogens with zero attached hydrogens (tertiary/aromatic N) is 1. The van der Waals surface area contributed by atoms with Gasteiger partial charge in [0.25, 0.3) is 0 Å². The molecule has 0 aliphatic carbocycles. The number of ether oxygens (including phenoxy) is 1. The molecule has 0 unspecified atom stereocenters. The van der Waals surface area contributed by atoms with E-state index in [-0.39, 0.29) is 24.4 Å². The Bertz CT molecular complexity index is 627. The lowest BCUT2D eigenvalue weighted by molar-refractivity contribution is -0.137. The minimum Gasteiger partial charge on any atom is -0.426 e. The molecule has 152 valence electrons.